The van der Waals surface area contributed by atoms with Gasteiger partial charge in [-0.1, -0.05) is 6.07 Å². The van der Waals surface area contributed by atoms with Crippen LogP contribution in [0.5, 0.6) is 0 Å². The lowest BCUT2D eigenvalue weighted by atomic mass is 10.2. The number of amides is 1. The maximum Gasteiger partial charge on any atom is 0.238 e. The van der Waals surface area contributed by atoms with Crippen LogP contribution in [0, 0.1) is 0 Å². The summed E-state index contributed by atoms with van der Waals surface area (Å²) in [5.41, 5.74) is 2.11. The number of hydrogen-bond donors (Lipinski definition) is 2. The molecule has 3 rings (SSSR count). The second kappa shape index (κ2) is 5.61. The number of nitrogens with zero attached hydrogens (tertiary/aromatic N) is 1. The lowest BCUT2D eigenvalue weighted by Gasteiger charge is -2.18. The van der Waals surface area contributed by atoms with Crippen LogP contribution >= 0.6 is 0 Å². The molecule has 0 atom stereocenters. The molecule has 1 saturated carbocycles. The number of carbonyl (C=O) groups excluding carboxylic acids is 1. The maximum atomic E-state index is 11.8. The largest absolute Gasteiger partial charge is 0.371 e. The SMILES string of the molecule is O=C(CNC1CC1)Nc1cccc(N2CCCC2)c1. The molecular weight excluding hydrogens is 238 g/mol. The average Bonchev–Trinajstić information content (AvgIpc) is 3.09. The molecule has 102 valence electrons. The van der Waals surface area contributed by atoms with E-state index in [0.717, 1.165) is 18.8 Å². The van der Waals surface area contributed by atoms with Crippen LogP contribution in [0.4, 0.5) is 11.4 Å². The van der Waals surface area contributed by atoms with Crippen molar-refractivity contribution < 1.29 is 4.79 Å². The van der Waals surface area contributed by atoms with Gasteiger partial charge in [-0.05, 0) is 43.9 Å². The minimum absolute atomic E-state index is 0.0467. The van der Waals surface area contributed by atoms with Gasteiger partial charge in [0.1, 0.15) is 0 Å². The molecule has 1 amide bonds. The molecule has 2 aliphatic rings. The number of carbonyl (C=O) groups is 1. The number of anilines is 2. The lowest BCUT2D eigenvalue weighted by molar-refractivity contribution is -0.115. The molecule has 1 aromatic carbocycles. The highest BCUT2D eigenvalue weighted by Crippen LogP contribution is 2.23. The molecule has 0 radical (unpaired) electrons. The fourth-order valence-electron chi connectivity index (χ4n) is 2.49. The van der Waals surface area contributed by atoms with Gasteiger partial charge in [0, 0.05) is 30.5 Å². The molecule has 2 fully saturated rings. The average molecular weight is 259 g/mol. The van der Waals surface area contributed by atoms with Gasteiger partial charge in [0.2, 0.25) is 5.91 Å². The van der Waals surface area contributed by atoms with Crippen molar-refractivity contribution in [3.8, 4) is 0 Å². The van der Waals surface area contributed by atoms with Gasteiger partial charge in [0.05, 0.1) is 6.54 Å². The summed E-state index contributed by atoms with van der Waals surface area (Å²) < 4.78 is 0. The fraction of sp³-hybridized carbons (Fsp3) is 0.533. The Bertz CT molecular complexity index is 450. The van der Waals surface area contributed by atoms with E-state index in [0.29, 0.717) is 12.6 Å². The zero-order chi connectivity index (χ0) is 13.1. The van der Waals surface area contributed by atoms with Crippen molar-refractivity contribution in [3.05, 3.63) is 24.3 Å². The molecule has 4 nitrogen and oxygen atoms in total. The van der Waals surface area contributed by atoms with Crippen molar-refractivity contribution in [2.45, 2.75) is 31.7 Å². The van der Waals surface area contributed by atoms with Crippen LogP contribution in [0.3, 0.4) is 0 Å². The first-order valence-corrected chi connectivity index (χ1v) is 7.19. The van der Waals surface area contributed by atoms with Gasteiger partial charge in [0.15, 0.2) is 0 Å². The summed E-state index contributed by atoms with van der Waals surface area (Å²) in [6.07, 6.45) is 4.94. The molecule has 0 spiro atoms. The molecule has 1 aliphatic heterocycles. The van der Waals surface area contributed by atoms with Crippen LogP contribution in [0.1, 0.15) is 25.7 Å². The second-order valence-corrected chi connectivity index (χ2v) is 5.45. The van der Waals surface area contributed by atoms with Gasteiger partial charge in [0.25, 0.3) is 0 Å². The maximum absolute atomic E-state index is 11.8. The first-order chi connectivity index (χ1) is 9.31. The van der Waals surface area contributed by atoms with Crippen molar-refractivity contribution in [1.82, 2.24) is 5.32 Å². The summed E-state index contributed by atoms with van der Waals surface area (Å²) in [7, 11) is 0. The van der Waals surface area contributed by atoms with Crippen LogP contribution in [-0.2, 0) is 4.79 Å². The molecule has 1 heterocycles. The van der Waals surface area contributed by atoms with Crippen molar-refractivity contribution in [2.75, 3.05) is 29.9 Å². The molecule has 1 aromatic rings. The summed E-state index contributed by atoms with van der Waals surface area (Å²) in [6, 6.07) is 8.72. The zero-order valence-electron chi connectivity index (χ0n) is 11.2. The highest BCUT2D eigenvalue weighted by Gasteiger charge is 2.21. The first-order valence-electron chi connectivity index (χ1n) is 7.19. The fourth-order valence-corrected chi connectivity index (χ4v) is 2.49. The van der Waals surface area contributed by atoms with Gasteiger partial charge in [-0.15, -0.1) is 0 Å². The van der Waals surface area contributed by atoms with E-state index in [4.69, 9.17) is 0 Å². The van der Waals surface area contributed by atoms with Crippen molar-refractivity contribution in [3.63, 3.8) is 0 Å². The van der Waals surface area contributed by atoms with Gasteiger partial charge in [-0.3, -0.25) is 4.79 Å². The summed E-state index contributed by atoms with van der Waals surface area (Å²) in [4.78, 5) is 14.2. The van der Waals surface area contributed by atoms with Crippen LogP contribution in [0.25, 0.3) is 0 Å². The smallest absolute Gasteiger partial charge is 0.238 e. The van der Waals surface area contributed by atoms with Crippen molar-refractivity contribution in [1.29, 1.82) is 0 Å². The first kappa shape index (κ1) is 12.5. The third-order valence-electron chi connectivity index (χ3n) is 3.73. The lowest BCUT2D eigenvalue weighted by Crippen LogP contribution is -2.29. The molecule has 1 saturated heterocycles. The van der Waals surface area contributed by atoms with E-state index in [1.807, 2.05) is 12.1 Å². The standard InChI is InChI=1S/C15H21N3O/c19-15(11-16-12-6-7-12)17-13-4-3-5-14(10-13)18-8-1-2-9-18/h3-5,10,12,16H,1-2,6-9,11H2,(H,17,19). The Morgan fingerprint density at radius 3 is 2.79 bits per heavy atom. The highest BCUT2D eigenvalue weighted by molar-refractivity contribution is 5.92. The monoisotopic (exact) mass is 259 g/mol. The molecule has 0 aromatic heterocycles. The Balaban J connectivity index is 1.56. The van der Waals surface area contributed by atoms with E-state index in [1.165, 1.54) is 31.4 Å². The van der Waals surface area contributed by atoms with Gasteiger partial charge in [-0.25, -0.2) is 0 Å². The Hall–Kier alpha value is -1.55. The normalized spacial score (nSPS) is 18.6. The van der Waals surface area contributed by atoms with Crippen LogP contribution in [0.2, 0.25) is 0 Å². The Morgan fingerprint density at radius 1 is 1.26 bits per heavy atom. The number of hydrogen-bond acceptors (Lipinski definition) is 3. The number of nitrogens with one attached hydrogen (secondary N) is 2. The van der Waals surface area contributed by atoms with E-state index < -0.39 is 0 Å². The highest BCUT2D eigenvalue weighted by atomic mass is 16.1. The summed E-state index contributed by atoms with van der Waals surface area (Å²) >= 11 is 0. The summed E-state index contributed by atoms with van der Waals surface area (Å²) in [5.74, 6) is 0.0467. The van der Waals surface area contributed by atoms with E-state index in [-0.39, 0.29) is 5.91 Å². The third-order valence-corrected chi connectivity index (χ3v) is 3.73. The van der Waals surface area contributed by atoms with Crippen molar-refractivity contribution in [2.24, 2.45) is 0 Å². The van der Waals surface area contributed by atoms with Gasteiger partial charge in [-0.2, -0.15) is 0 Å². The molecule has 0 unspecified atom stereocenters. The minimum atomic E-state index is 0.0467. The predicted octanol–water partition coefficient (Wildman–Crippen LogP) is 1.98. The van der Waals surface area contributed by atoms with Crippen LogP contribution < -0.4 is 15.5 Å². The number of rotatable bonds is 5. The van der Waals surface area contributed by atoms with E-state index >= 15 is 0 Å². The minimum Gasteiger partial charge on any atom is -0.371 e. The van der Waals surface area contributed by atoms with E-state index in [1.54, 1.807) is 0 Å². The Labute approximate surface area is 114 Å². The van der Waals surface area contributed by atoms with Gasteiger partial charge < -0.3 is 15.5 Å². The Morgan fingerprint density at radius 2 is 2.05 bits per heavy atom. The molecule has 0 bridgehead atoms. The van der Waals surface area contributed by atoms with E-state index in [2.05, 4.69) is 27.7 Å². The molecule has 4 heteroatoms. The molecule has 2 N–H and O–H groups in total. The van der Waals surface area contributed by atoms with Gasteiger partial charge >= 0.3 is 0 Å². The molecule has 1 aliphatic carbocycles. The number of benzene rings is 1. The molecular formula is C15H21N3O. The third kappa shape index (κ3) is 3.47. The summed E-state index contributed by atoms with van der Waals surface area (Å²) in [6.45, 7) is 2.67. The second-order valence-electron chi connectivity index (χ2n) is 5.45. The van der Waals surface area contributed by atoms with Crippen LogP contribution in [-0.4, -0.2) is 31.6 Å². The van der Waals surface area contributed by atoms with Crippen molar-refractivity contribution >= 4 is 17.3 Å². The van der Waals surface area contributed by atoms with E-state index in [9.17, 15) is 4.79 Å². The predicted molar refractivity (Wildman–Crippen MR) is 77.5 cm³/mol. The van der Waals surface area contributed by atoms with Crippen LogP contribution in [0.15, 0.2) is 24.3 Å². The molecule has 19 heavy (non-hydrogen) atoms. The quantitative estimate of drug-likeness (QED) is 0.850. The summed E-state index contributed by atoms with van der Waals surface area (Å²) in [5, 5.41) is 6.18. The topological polar surface area (TPSA) is 44.4 Å². The zero-order valence-corrected chi connectivity index (χ0v) is 11.2. The Kier molecular flexibility index (Phi) is 3.69.